The molecule has 0 heterocycles. The van der Waals surface area contributed by atoms with Crippen molar-refractivity contribution in [2.24, 2.45) is 0 Å². The summed E-state index contributed by atoms with van der Waals surface area (Å²) in [4.78, 5) is 11.5. The van der Waals surface area contributed by atoms with Gasteiger partial charge in [0.25, 0.3) is 0 Å². The number of carbonyl (C=O) groups is 1. The fourth-order valence-corrected chi connectivity index (χ4v) is 1.45. The summed E-state index contributed by atoms with van der Waals surface area (Å²) in [7, 11) is 1.60. The molecular weight excluding hydrogens is 216 g/mol. The molecule has 1 aromatic rings. The van der Waals surface area contributed by atoms with Crippen molar-refractivity contribution >= 4 is 5.91 Å². The van der Waals surface area contributed by atoms with Crippen LogP contribution in [0.1, 0.15) is 24.4 Å². The van der Waals surface area contributed by atoms with Crippen LogP contribution in [-0.4, -0.2) is 19.6 Å². The zero-order valence-electron chi connectivity index (χ0n) is 9.85. The minimum absolute atomic E-state index is 0.127. The van der Waals surface area contributed by atoms with E-state index in [4.69, 9.17) is 10.00 Å². The average molecular weight is 232 g/mol. The monoisotopic (exact) mass is 232 g/mol. The van der Waals surface area contributed by atoms with Crippen LogP contribution in [0.25, 0.3) is 0 Å². The predicted octanol–water partition coefficient (Wildman–Crippen LogP) is 1.79. The van der Waals surface area contributed by atoms with Crippen LogP contribution in [-0.2, 0) is 9.53 Å². The molecule has 90 valence electrons. The van der Waals surface area contributed by atoms with Crippen molar-refractivity contribution in [1.29, 1.82) is 5.26 Å². The van der Waals surface area contributed by atoms with Crippen LogP contribution >= 0.6 is 0 Å². The van der Waals surface area contributed by atoms with Gasteiger partial charge in [-0.1, -0.05) is 30.3 Å². The highest BCUT2D eigenvalue weighted by Crippen LogP contribution is 2.11. The zero-order valence-corrected chi connectivity index (χ0v) is 9.85. The van der Waals surface area contributed by atoms with Gasteiger partial charge >= 0.3 is 0 Å². The average Bonchev–Trinajstić information content (AvgIpc) is 2.37. The fourth-order valence-electron chi connectivity index (χ4n) is 1.45. The van der Waals surface area contributed by atoms with Gasteiger partial charge in [0.2, 0.25) is 5.91 Å². The molecule has 1 N–H and O–H groups in total. The highest BCUT2D eigenvalue weighted by atomic mass is 16.5. The summed E-state index contributed by atoms with van der Waals surface area (Å²) in [6.45, 7) is 0.552. The maximum atomic E-state index is 11.5. The molecular formula is C13H16N2O2. The van der Waals surface area contributed by atoms with Crippen molar-refractivity contribution < 1.29 is 9.53 Å². The van der Waals surface area contributed by atoms with Gasteiger partial charge in [-0.3, -0.25) is 4.79 Å². The first-order valence-electron chi connectivity index (χ1n) is 5.50. The maximum absolute atomic E-state index is 11.5. The van der Waals surface area contributed by atoms with Crippen molar-refractivity contribution in [3.05, 3.63) is 35.9 Å². The second-order valence-corrected chi connectivity index (χ2v) is 3.64. The molecule has 4 nitrogen and oxygen atoms in total. The molecule has 1 rings (SSSR count). The molecule has 0 radical (unpaired) electrons. The molecule has 0 aliphatic rings. The number of methoxy groups -OCH3 is 1. The quantitative estimate of drug-likeness (QED) is 0.761. The fraction of sp³-hybridized carbons (Fsp3) is 0.385. The largest absolute Gasteiger partial charge is 0.385 e. The van der Waals surface area contributed by atoms with Gasteiger partial charge in [-0.2, -0.15) is 5.26 Å². The zero-order chi connectivity index (χ0) is 12.5. The highest BCUT2D eigenvalue weighted by Gasteiger charge is 2.12. The Kier molecular flexibility index (Phi) is 5.76. The van der Waals surface area contributed by atoms with Crippen molar-refractivity contribution in [1.82, 2.24) is 5.32 Å². The molecule has 0 aliphatic heterocycles. The third-order valence-corrected chi connectivity index (χ3v) is 2.32. The van der Waals surface area contributed by atoms with Crippen molar-refractivity contribution in [3.8, 4) is 6.07 Å². The number of benzene rings is 1. The van der Waals surface area contributed by atoms with Gasteiger partial charge < -0.3 is 10.1 Å². The minimum Gasteiger partial charge on any atom is -0.385 e. The van der Waals surface area contributed by atoms with Gasteiger partial charge in [0.05, 0.1) is 6.07 Å². The Hall–Kier alpha value is -1.86. The number of ether oxygens (including phenoxy) is 1. The number of amides is 1. The lowest BCUT2D eigenvalue weighted by molar-refractivity contribution is -0.121. The van der Waals surface area contributed by atoms with E-state index in [0.29, 0.717) is 19.4 Å². The number of nitriles is 1. The Balaban J connectivity index is 2.48. The predicted molar refractivity (Wildman–Crippen MR) is 64.0 cm³/mol. The first-order chi connectivity index (χ1) is 8.27. The molecule has 0 spiro atoms. The molecule has 0 fully saturated rings. The van der Waals surface area contributed by atoms with Crippen LogP contribution < -0.4 is 5.32 Å². The van der Waals surface area contributed by atoms with E-state index in [2.05, 4.69) is 11.4 Å². The van der Waals surface area contributed by atoms with Crippen molar-refractivity contribution in [3.63, 3.8) is 0 Å². The molecule has 0 aromatic heterocycles. The number of rotatable bonds is 6. The van der Waals surface area contributed by atoms with E-state index in [1.54, 1.807) is 7.11 Å². The van der Waals surface area contributed by atoms with Gasteiger partial charge in [0, 0.05) is 20.1 Å². The summed E-state index contributed by atoms with van der Waals surface area (Å²) < 4.78 is 4.86. The summed E-state index contributed by atoms with van der Waals surface area (Å²) in [5, 5.41) is 11.7. The summed E-state index contributed by atoms with van der Waals surface area (Å²) in [6.07, 6.45) is 1.04. The Morgan fingerprint density at radius 3 is 2.76 bits per heavy atom. The molecule has 1 atom stereocenters. The van der Waals surface area contributed by atoms with Crippen molar-refractivity contribution in [2.45, 2.75) is 18.9 Å². The van der Waals surface area contributed by atoms with E-state index in [1.165, 1.54) is 0 Å². The summed E-state index contributed by atoms with van der Waals surface area (Å²) in [6, 6.07) is 10.7. The lowest BCUT2D eigenvalue weighted by Gasteiger charge is -2.11. The summed E-state index contributed by atoms with van der Waals surface area (Å²) in [5.41, 5.74) is 0.801. The molecule has 0 saturated heterocycles. The molecule has 1 unspecified atom stereocenters. The van der Waals surface area contributed by atoms with E-state index in [-0.39, 0.29) is 5.91 Å². The van der Waals surface area contributed by atoms with E-state index in [0.717, 1.165) is 5.56 Å². The molecule has 1 amide bonds. The van der Waals surface area contributed by atoms with Gasteiger partial charge in [0.15, 0.2) is 0 Å². The minimum atomic E-state index is -0.578. The van der Waals surface area contributed by atoms with E-state index in [1.807, 2.05) is 30.3 Å². The Morgan fingerprint density at radius 1 is 1.47 bits per heavy atom. The third-order valence-electron chi connectivity index (χ3n) is 2.32. The summed E-state index contributed by atoms with van der Waals surface area (Å²) in [5.74, 6) is -0.127. The molecule has 4 heteroatoms. The van der Waals surface area contributed by atoms with Crippen LogP contribution in [0.5, 0.6) is 0 Å². The first kappa shape index (κ1) is 13.2. The first-order valence-corrected chi connectivity index (χ1v) is 5.50. The lowest BCUT2D eigenvalue weighted by Crippen LogP contribution is -2.27. The molecule has 0 aliphatic carbocycles. The Labute approximate surface area is 101 Å². The number of nitrogens with zero attached hydrogens (tertiary/aromatic N) is 1. The molecule has 1 aromatic carbocycles. The van der Waals surface area contributed by atoms with Gasteiger partial charge in [-0.05, 0) is 12.0 Å². The topological polar surface area (TPSA) is 62.1 Å². The second-order valence-electron chi connectivity index (χ2n) is 3.64. The maximum Gasteiger partial charge on any atom is 0.221 e. The third kappa shape index (κ3) is 4.66. The lowest BCUT2D eigenvalue weighted by atomic mass is 10.1. The van der Waals surface area contributed by atoms with Gasteiger partial charge in [-0.15, -0.1) is 0 Å². The number of hydrogen-bond acceptors (Lipinski definition) is 3. The van der Waals surface area contributed by atoms with Crippen molar-refractivity contribution in [2.75, 3.05) is 13.7 Å². The Morgan fingerprint density at radius 2 is 2.18 bits per heavy atom. The van der Waals surface area contributed by atoms with Crippen LogP contribution in [0, 0.1) is 11.3 Å². The molecule has 17 heavy (non-hydrogen) atoms. The smallest absolute Gasteiger partial charge is 0.221 e. The van der Waals surface area contributed by atoms with Gasteiger partial charge in [0.1, 0.15) is 6.04 Å². The SMILES string of the molecule is COCCCC(=O)NC(C#N)c1ccccc1. The van der Waals surface area contributed by atoms with Crippen LogP contribution in [0.4, 0.5) is 0 Å². The van der Waals surface area contributed by atoms with Crippen LogP contribution in [0.2, 0.25) is 0 Å². The Bertz CT molecular complexity index is 384. The normalized spacial score (nSPS) is 11.5. The van der Waals surface area contributed by atoms with Crippen LogP contribution in [0.3, 0.4) is 0 Å². The van der Waals surface area contributed by atoms with Crippen LogP contribution in [0.15, 0.2) is 30.3 Å². The highest BCUT2D eigenvalue weighted by molar-refractivity contribution is 5.76. The number of hydrogen-bond donors (Lipinski definition) is 1. The summed E-state index contributed by atoms with van der Waals surface area (Å²) >= 11 is 0. The number of carbonyl (C=O) groups excluding carboxylic acids is 1. The second kappa shape index (κ2) is 7.42. The van der Waals surface area contributed by atoms with E-state index >= 15 is 0 Å². The van der Waals surface area contributed by atoms with E-state index < -0.39 is 6.04 Å². The molecule has 0 bridgehead atoms. The van der Waals surface area contributed by atoms with E-state index in [9.17, 15) is 4.79 Å². The van der Waals surface area contributed by atoms with Gasteiger partial charge in [-0.25, -0.2) is 0 Å². The standard InChI is InChI=1S/C13H16N2O2/c1-17-9-5-8-13(16)15-12(10-14)11-6-3-2-4-7-11/h2-4,6-7,12H,5,8-9H2,1H3,(H,15,16). The molecule has 0 saturated carbocycles. The number of nitrogens with one attached hydrogen (secondary N) is 1.